The Morgan fingerprint density at radius 1 is 1.36 bits per heavy atom. The highest BCUT2D eigenvalue weighted by atomic mass is 32.2. The Bertz CT molecular complexity index is 674. The number of piperidine rings is 1. The summed E-state index contributed by atoms with van der Waals surface area (Å²) in [4.78, 5) is 26.0. The molecule has 0 bridgehead atoms. The van der Waals surface area contributed by atoms with Gasteiger partial charge in [0.1, 0.15) is 0 Å². The molecule has 0 saturated carbocycles. The molecule has 7 nitrogen and oxygen atoms in total. The average molecular weight is 388 g/mol. The zero-order chi connectivity index (χ0) is 18.3. The highest BCUT2D eigenvalue weighted by Crippen LogP contribution is 2.18. The van der Waals surface area contributed by atoms with E-state index in [1.54, 1.807) is 16.3 Å². The maximum Gasteiger partial charge on any atom is 0.252 e. The lowest BCUT2D eigenvalue weighted by Gasteiger charge is -2.36. The van der Waals surface area contributed by atoms with Crippen molar-refractivity contribution >= 4 is 33.2 Å². The van der Waals surface area contributed by atoms with Gasteiger partial charge in [-0.3, -0.25) is 9.59 Å². The molecule has 2 heterocycles. The number of rotatable bonds is 8. The Balaban J connectivity index is 1.74. The van der Waals surface area contributed by atoms with Gasteiger partial charge < -0.3 is 10.2 Å². The lowest BCUT2D eigenvalue weighted by atomic mass is 10.0. The molecule has 1 aromatic heterocycles. The Kier molecular flexibility index (Phi) is 7.39. The maximum absolute atomic E-state index is 12.4. The molecule has 0 aromatic carbocycles. The molecular weight excluding hydrogens is 362 g/mol. The number of thiophene rings is 1. The molecule has 2 rings (SSSR count). The van der Waals surface area contributed by atoms with Crippen molar-refractivity contribution in [2.45, 2.75) is 38.1 Å². The van der Waals surface area contributed by atoms with Gasteiger partial charge in [0.25, 0.3) is 5.91 Å². The minimum Gasteiger partial charge on any atom is -0.352 e. The predicted octanol–water partition coefficient (Wildman–Crippen LogP) is 1.19. The van der Waals surface area contributed by atoms with Gasteiger partial charge in [0.05, 0.1) is 6.26 Å². The van der Waals surface area contributed by atoms with Crippen molar-refractivity contribution in [2.75, 3.05) is 25.9 Å². The van der Waals surface area contributed by atoms with E-state index in [4.69, 9.17) is 0 Å². The largest absolute Gasteiger partial charge is 0.352 e. The molecule has 2 N–H and O–H groups in total. The zero-order valence-electron chi connectivity index (χ0n) is 14.4. The van der Waals surface area contributed by atoms with Gasteiger partial charge in [-0.15, -0.1) is 0 Å². The van der Waals surface area contributed by atoms with E-state index in [1.807, 2.05) is 5.38 Å². The van der Waals surface area contributed by atoms with Crippen LogP contribution in [-0.2, 0) is 14.8 Å². The van der Waals surface area contributed by atoms with Crippen molar-refractivity contribution in [2.24, 2.45) is 0 Å². The number of amides is 2. The summed E-state index contributed by atoms with van der Waals surface area (Å²) in [7, 11) is -3.26. The monoisotopic (exact) mass is 387 g/mol. The number of nitrogens with zero attached hydrogens (tertiary/aromatic N) is 1. The van der Waals surface area contributed by atoms with E-state index < -0.39 is 10.0 Å². The van der Waals surface area contributed by atoms with Crippen LogP contribution in [0, 0.1) is 0 Å². The number of hydrogen-bond acceptors (Lipinski definition) is 5. The fourth-order valence-electron chi connectivity index (χ4n) is 2.87. The molecule has 1 aliphatic rings. The van der Waals surface area contributed by atoms with Crippen molar-refractivity contribution in [1.82, 2.24) is 14.9 Å². The smallest absolute Gasteiger partial charge is 0.252 e. The lowest BCUT2D eigenvalue weighted by Crippen LogP contribution is -2.49. The Labute approximate surface area is 152 Å². The van der Waals surface area contributed by atoms with E-state index in [2.05, 4.69) is 10.0 Å². The summed E-state index contributed by atoms with van der Waals surface area (Å²) in [6, 6.07) is 1.68. The summed E-state index contributed by atoms with van der Waals surface area (Å²) in [6.07, 6.45) is 4.78. The number of carbonyl (C=O) groups excluding carboxylic acids is 2. The topological polar surface area (TPSA) is 95.6 Å². The molecule has 0 aliphatic carbocycles. The molecule has 1 saturated heterocycles. The van der Waals surface area contributed by atoms with Crippen LogP contribution in [-0.4, -0.2) is 57.1 Å². The quantitative estimate of drug-likeness (QED) is 0.655. The molecule has 0 radical (unpaired) electrons. The van der Waals surface area contributed by atoms with E-state index in [9.17, 15) is 18.0 Å². The number of hydrogen-bond donors (Lipinski definition) is 2. The minimum absolute atomic E-state index is 0.0183. The van der Waals surface area contributed by atoms with Gasteiger partial charge in [-0.05, 0) is 37.1 Å². The van der Waals surface area contributed by atoms with Gasteiger partial charge in [-0.2, -0.15) is 11.3 Å². The Morgan fingerprint density at radius 3 is 2.84 bits per heavy atom. The van der Waals surface area contributed by atoms with Crippen LogP contribution in [0.2, 0.25) is 0 Å². The molecule has 0 spiro atoms. The Morgan fingerprint density at radius 2 is 2.16 bits per heavy atom. The van der Waals surface area contributed by atoms with Crippen LogP contribution in [0.15, 0.2) is 16.8 Å². The summed E-state index contributed by atoms with van der Waals surface area (Å²) in [5.41, 5.74) is 0.638. The summed E-state index contributed by atoms with van der Waals surface area (Å²) < 4.78 is 25.0. The minimum atomic E-state index is -3.26. The van der Waals surface area contributed by atoms with Crippen LogP contribution < -0.4 is 10.0 Å². The van der Waals surface area contributed by atoms with E-state index in [0.29, 0.717) is 31.5 Å². The zero-order valence-corrected chi connectivity index (χ0v) is 16.0. The molecule has 140 valence electrons. The molecule has 1 fully saturated rings. The summed E-state index contributed by atoms with van der Waals surface area (Å²) in [6.45, 7) is 1.37. The van der Waals surface area contributed by atoms with Gasteiger partial charge in [-0.1, -0.05) is 0 Å². The fraction of sp³-hybridized carbons (Fsp3) is 0.625. The molecular formula is C16H25N3O4S2. The van der Waals surface area contributed by atoms with E-state index in [0.717, 1.165) is 25.5 Å². The average Bonchev–Trinajstić information content (AvgIpc) is 3.11. The fourth-order valence-corrected chi connectivity index (χ4v) is 4.00. The first-order valence-electron chi connectivity index (χ1n) is 8.41. The third-order valence-corrected chi connectivity index (χ3v) is 5.54. The summed E-state index contributed by atoms with van der Waals surface area (Å²) in [5, 5.41) is 6.44. The lowest BCUT2D eigenvalue weighted by molar-refractivity contribution is -0.134. The van der Waals surface area contributed by atoms with Gasteiger partial charge in [-0.25, -0.2) is 13.1 Å². The third-order valence-electron chi connectivity index (χ3n) is 4.16. The van der Waals surface area contributed by atoms with Crippen LogP contribution in [0.5, 0.6) is 0 Å². The standard InChI is InChI=1S/C16H25N3O4S2/c1-25(22,23)18-11-14-5-2-3-9-19(14)15(20)6-4-8-17-16(21)13-7-10-24-12-13/h7,10,12,14,18H,2-6,8-9,11H2,1H3,(H,17,21)/t14-/m0/s1. The molecule has 1 atom stereocenters. The molecule has 25 heavy (non-hydrogen) atoms. The molecule has 1 aliphatic heterocycles. The number of sulfonamides is 1. The van der Waals surface area contributed by atoms with Crippen LogP contribution in [0.4, 0.5) is 0 Å². The second kappa shape index (κ2) is 9.30. The first kappa shape index (κ1) is 19.9. The van der Waals surface area contributed by atoms with E-state index in [1.165, 1.54) is 11.3 Å². The van der Waals surface area contributed by atoms with Crippen molar-refractivity contribution in [3.05, 3.63) is 22.4 Å². The van der Waals surface area contributed by atoms with Crippen molar-refractivity contribution < 1.29 is 18.0 Å². The second-order valence-electron chi connectivity index (χ2n) is 6.23. The molecule has 0 unspecified atom stereocenters. The van der Waals surface area contributed by atoms with E-state index in [-0.39, 0.29) is 24.4 Å². The van der Waals surface area contributed by atoms with Gasteiger partial charge in [0.15, 0.2) is 0 Å². The summed E-state index contributed by atoms with van der Waals surface area (Å²) >= 11 is 1.47. The highest BCUT2D eigenvalue weighted by molar-refractivity contribution is 7.88. The SMILES string of the molecule is CS(=O)(=O)NC[C@@H]1CCCCN1C(=O)CCCNC(=O)c1ccsc1. The van der Waals surface area contributed by atoms with Crippen LogP contribution in [0.3, 0.4) is 0 Å². The van der Waals surface area contributed by atoms with Crippen molar-refractivity contribution in [3.8, 4) is 0 Å². The Hall–Kier alpha value is -1.45. The highest BCUT2D eigenvalue weighted by Gasteiger charge is 2.26. The molecule has 1 aromatic rings. The van der Waals surface area contributed by atoms with Gasteiger partial charge in [0, 0.05) is 43.0 Å². The first-order chi connectivity index (χ1) is 11.9. The van der Waals surface area contributed by atoms with Crippen LogP contribution in [0.1, 0.15) is 42.5 Å². The normalized spacial score (nSPS) is 18.1. The number of carbonyl (C=O) groups is 2. The van der Waals surface area contributed by atoms with Gasteiger partial charge >= 0.3 is 0 Å². The predicted molar refractivity (Wildman–Crippen MR) is 98.1 cm³/mol. The van der Waals surface area contributed by atoms with Crippen LogP contribution in [0.25, 0.3) is 0 Å². The molecule has 9 heteroatoms. The first-order valence-corrected chi connectivity index (χ1v) is 11.2. The maximum atomic E-state index is 12.4. The van der Waals surface area contributed by atoms with E-state index >= 15 is 0 Å². The molecule has 2 amide bonds. The number of nitrogens with one attached hydrogen (secondary N) is 2. The van der Waals surface area contributed by atoms with Crippen molar-refractivity contribution in [1.29, 1.82) is 0 Å². The van der Waals surface area contributed by atoms with Crippen molar-refractivity contribution in [3.63, 3.8) is 0 Å². The van der Waals surface area contributed by atoms with Crippen LogP contribution >= 0.6 is 11.3 Å². The summed E-state index contributed by atoms with van der Waals surface area (Å²) in [5.74, 6) is -0.105. The van der Waals surface area contributed by atoms with Gasteiger partial charge in [0.2, 0.25) is 15.9 Å². The number of likely N-dealkylation sites (tertiary alicyclic amines) is 1. The second-order valence-corrected chi connectivity index (χ2v) is 8.84. The third kappa shape index (κ3) is 6.75.